The van der Waals surface area contributed by atoms with Crippen molar-refractivity contribution in [1.29, 1.82) is 0 Å². The van der Waals surface area contributed by atoms with Gasteiger partial charge in [0, 0.05) is 13.0 Å². The average molecular weight is 308 g/mol. The molecule has 2 aromatic carbocycles. The highest BCUT2D eigenvalue weighted by Gasteiger charge is 2.08. The predicted molar refractivity (Wildman–Crippen MR) is 95.1 cm³/mol. The number of ether oxygens (including phenoxy) is 1. The van der Waals surface area contributed by atoms with E-state index in [4.69, 9.17) is 9.72 Å². The summed E-state index contributed by atoms with van der Waals surface area (Å²) in [6.45, 7) is 8.00. The maximum absolute atomic E-state index is 5.97. The van der Waals surface area contributed by atoms with Gasteiger partial charge in [-0.05, 0) is 49.6 Å². The Bertz CT molecular complexity index is 805. The molecule has 0 atom stereocenters. The largest absolute Gasteiger partial charge is 0.493 e. The minimum absolute atomic E-state index is 0.722. The van der Waals surface area contributed by atoms with Crippen LogP contribution in [0, 0.1) is 13.8 Å². The summed E-state index contributed by atoms with van der Waals surface area (Å²) in [7, 11) is 0. The molecule has 0 aliphatic carbocycles. The van der Waals surface area contributed by atoms with Gasteiger partial charge in [-0.3, -0.25) is 0 Å². The molecule has 0 unspecified atom stereocenters. The summed E-state index contributed by atoms with van der Waals surface area (Å²) in [5.41, 5.74) is 4.73. The fourth-order valence-corrected chi connectivity index (χ4v) is 2.91. The number of hydrogen-bond donors (Lipinski definition) is 0. The van der Waals surface area contributed by atoms with Crippen molar-refractivity contribution in [3.05, 3.63) is 59.4 Å². The van der Waals surface area contributed by atoms with Gasteiger partial charge in [0.1, 0.15) is 11.6 Å². The zero-order valence-electron chi connectivity index (χ0n) is 14.2. The highest BCUT2D eigenvalue weighted by molar-refractivity contribution is 5.75. The van der Waals surface area contributed by atoms with Gasteiger partial charge in [-0.1, -0.05) is 31.2 Å². The third-order valence-corrected chi connectivity index (χ3v) is 4.18. The van der Waals surface area contributed by atoms with Crippen molar-refractivity contribution < 1.29 is 4.74 Å². The van der Waals surface area contributed by atoms with Crippen LogP contribution >= 0.6 is 0 Å². The van der Waals surface area contributed by atoms with Gasteiger partial charge < -0.3 is 9.30 Å². The van der Waals surface area contributed by atoms with Crippen LogP contribution in [0.5, 0.6) is 5.75 Å². The number of fused-ring (bicyclic) bond motifs is 1. The van der Waals surface area contributed by atoms with Crippen LogP contribution < -0.4 is 4.74 Å². The number of para-hydroxylation sites is 2. The van der Waals surface area contributed by atoms with Crippen molar-refractivity contribution in [1.82, 2.24) is 9.55 Å². The standard InChI is InChI=1S/C20H24N2O/c1-4-20-21-17-8-5-6-9-18(17)22(20)12-7-13-23-19-14-15(2)10-11-16(19)3/h5-6,8-11,14H,4,7,12-13H2,1-3H3. The number of nitrogens with zero attached hydrogens (tertiary/aromatic N) is 2. The molecule has 0 fully saturated rings. The Morgan fingerprint density at radius 1 is 1.09 bits per heavy atom. The van der Waals surface area contributed by atoms with Crippen LogP contribution in [0.25, 0.3) is 11.0 Å². The molecule has 23 heavy (non-hydrogen) atoms. The van der Waals surface area contributed by atoms with E-state index in [0.29, 0.717) is 0 Å². The molecule has 0 aliphatic rings. The van der Waals surface area contributed by atoms with Crippen molar-refractivity contribution >= 4 is 11.0 Å². The molecule has 0 spiro atoms. The van der Waals surface area contributed by atoms with Gasteiger partial charge in [-0.25, -0.2) is 4.98 Å². The summed E-state index contributed by atoms with van der Waals surface area (Å²) in [5, 5.41) is 0. The third kappa shape index (κ3) is 3.39. The van der Waals surface area contributed by atoms with Gasteiger partial charge in [0.2, 0.25) is 0 Å². The number of imidazole rings is 1. The van der Waals surface area contributed by atoms with E-state index in [-0.39, 0.29) is 0 Å². The zero-order valence-corrected chi connectivity index (χ0v) is 14.2. The Balaban J connectivity index is 1.66. The van der Waals surface area contributed by atoms with Crippen LogP contribution in [0.3, 0.4) is 0 Å². The number of aromatic nitrogens is 2. The van der Waals surface area contributed by atoms with E-state index in [9.17, 15) is 0 Å². The maximum atomic E-state index is 5.97. The van der Waals surface area contributed by atoms with Gasteiger partial charge >= 0.3 is 0 Å². The Morgan fingerprint density at radius 2 is 1.91 bits per heavy atom. The SMILES string of the molecule is CCc1nc2ccccc2n1CCCOc1cc(C)ccc1C. The maximum Gasteiger partial charge on any atom is 0.122 e. The van der Waals surface area contributed by atoms with Gasteiger partial charge in [0.05, 0.1) is 17.6 Å². The molecule has 1 aromatic heterocycles. The first-order chi connectivity index (χ1) is 11.2. The second kappa shape index (κ2) is 6.86. The molecule has 0 bridgehead atoms. The van der Waals surface area contributed by atoms with E-state index in [1.165, 1.54) is 16.6 Å². The molecule has 3 nitrogen and oxygen atoms in total. The molecule has 0 radical (unpaired) electrons. The molecule has 0 saturated carbocycles. The molecule has 1 heterocycles. The van der Waals surface area contributed by atoms with Crippen molar-refractivity contribution in [2.45, 2.75) is 40.2 Å². The summed E-state index contributed by atoms with van der Waals surface area (Å²) < 4.78 is 8.29. The van der Waals surface area contributed by atoms with Crippen LogP contribution in [0.1, 0.15) is 30.3 Å². The monoisotopic (exact) mass is 308 g/mol. The van der Waals surface area contributed by atoms with E-state index in [1.807, 2.05) is 6.07 Å². The number of benzene rings is 2. The number of aryl methyl sites for hydroxylation is 4. The average Bonchev–Trinajstić information content (AvgIpc) is 2.92. The van der Waals surface area contributed by atoms with Gasteiger partial charge in [-0.15, -0.1) is 0 Å². The van der Waals surface area contributed by atoms with E-state index < -0.39 is 0 Å². The van der Waals surface area contributed by atoms with Crippen LogP contribution in [0.2, 0.25) is 0 Å². The van der Waals surface area contributed by atoms with Crippen LogP contribution in [0.4, 0.5) is 0 Å². The minimum atomic E-state index is 0.722. The van der Waals surface area contributed by atoms with Gasteiger partial charge in [0.25, 0.3) is 0 Å². The number of rotatable bonds is 6. The molecular formula is C20H24N2O. The summed E-state index contributed by atoms with van der Waals surface area (Å²) in [5.74, 6) is 2.15. The molecular weight excluding hydrogens is 284 g/mol. The Hall–Kier alpha value is -2.29. The van der Waals surface area contributed by atoms with E-state index in [2.05, 4.69) is 61.7 Å². The first-order valence-corrected chi connectivity index (χ1v) is 8.33. The topological polar surface area (TPSA) is 27.1 Å². The Labute approximate surface area is 137 Å². The quantitative estimate of drug-likeness (QED) is 0.618. The molecule has 3 aromatic rings. The zero-order chi connectivity index (χ0) is 16.2. The highest BCUT2D eigenvalue weighted by Crippen LogP contribution is 2.20. The molecule has 0 saturated heterocycles. The van der Waals surface area contributed by atoms with Crippen molar-refractivity contribution in [2.75, 3.05) is 6.61 Å². The fraction of sp³-hybridized carbons (Fsp3) is 0.350. The van der Waals surface area contributed by atoms with E-state index in [1.54, 1.807) is 0 Å². The Morgan fingerprint density at radius 3 is 2.74 bits per heavy atom. The van der Waals surface area contributed by atoms with Crippen LogP contribution in [-0.4, -0.2) is 16.2 Å². The summed E-state index contributed by atoms with van der Waals surface area (Å²) in [6.07, 6.45) is 1.92. The lowest BCUT2D eigenvalue weighted by Gasteiger charge is -2.11. The normalized spacial score (nSPS) is 11.1. The summed E-state index contributed by atoms with van der Waals surface area (Å²) in [6, 6.07) is 14.7. The lowest BCUT2D eigenvalue weighted by atomic mass is 10.1. The first-order valence-electron chi connectivity index (χ1n) is 8.33. The van der Waals surface area contributed by atoms with Gasteiger partial charge in [0.15, 0.2) is 0 Å². The molecule has 120 valence electrons. The lowest BCUT2D eigenvalue weighted by molar-refractivity contribution is 0.300. The summed E-state index contributed by atoms with van der Waals surface area (Å²) >= 11 is 0. The van der Waals surface area contributed by atoms with E-state index in [0.717, 1.165) is 43.1 Å². The highest BCUT2D eigenvalue weighted by atomic mass is 16.5. The van der Waals surface area contributed by atoms with Crippen LogP contribution in [0.15, 0.2) is 42.5 Å². The predicted octanol–water partition coefficient (Wildman–Crippen LogP) is 4.68. The van der Waals surface area contributed by atoms with E-state index >= 15 is 0 Å². The second-order valence-corrected chi connectivity index (χ2v) is 5.99. The molecule has 0 amide bonds. The van der Waals surface area contributed by atoms with Gasteiger partial charge in [-0.2, -0.15) is 0 Å². The molecule has 0 N–H and O–H groups in total. The van der Waals surface area contributed by atoms with Crippen molar-refractivity contribution in [3.8, 4) is 5.75 Å². The number of hydrogen-bond acceptors (Lipinski definition) is 2. The smallest absolute Gasteiger partial charge is 0.122 e. The fourth-order valence-electron chi connectivity index (χ4n) is 2.91. The summed E-state index contributed by atoms with van der Waals surface area (Å²) in [4.78, 5) is 4.72. The molecule has 0 aliphatic heterocycles. The van der Waals surface area contributed by atoms with Crippen molar-refractivity contribution in [3.63, 3.8) is 0 Å². The lowest BCUT2D eigenvalue weighted by Crippen LogP contribution is -2.08. The Kier molecular flexibility index (Phi) is 4.65. The van der Waals surface area contributed by atoms with Crippen LogP contribution in [-0.2, 0) is 13.0 Å². The second-order valence-electron chi connectivity index (χ2n) is 5.99. The third-order valence-electron chi connectivity index (χ3n) is 4.18. The molecule has 3 heteroatoms. The minimum Gasteiger partial charge on any atom is -0.493 e. The molecule has 3 rings (SSSR count). The van der Waals surface area contributed by atoms with Crippen molar-refractivity contribution in [2.24, 2.45) is 0 Å². The first kappa shape index (κ1) is 15.6.